The first-order valence-electron chi connectivity index (χ1n) is 6.98. The van der Waals surface area contributed by atoms with Crippen LogP contribution in [-0.2, 0) is 6.42 Å². The molecule has 0 amide bonds. The van der Waals surface area contributed by atoms with E-state index in [4.69, 9.17) is 27.9 Å². The molecule has 0 aromatic heterocycles. The van der Waals surface area contributed by atoms with Gasteiger partial charge in [0.05, 0.1) is 17.2 Å². The summed E-state index contributed by atoms with van der Waals surface area (Å²) >= 11 is 12.7. The van der Waals surface area contributed by atoms with E-state index in [-0.39, 0.29) is 0 Å². The van der Waals surface area contributed by atoms with E-state index < -0.39 is 0 Å². The molecule has 3 rings (SSSR count). The first-order chi connectivity index (χ1) is 10.2. The van der Waals surface area contributed by atoms with Crippen molar-refractivity contribution in [3.05, 3.63) is 51.5 Å². The van der Waals surface area contributed by atoms with Gasteiger partial charge >= 0.3 is 0 Å². The number of hydrogen-bond donors (Lipinski definition) is 1. The minimum atomic E-state index is 0.424. The molecule has 4 heteroatoms. The van der Waals surface area contributed by atoms with Gasteiger partial charge in [-0.2, -0.15) is 0 Å². The summed E-state index contributed by atoms with van der Waals surface area (Å²) in [4.78, 5) is 0. The van der Waals surface area contributed by atoms with Crippen molar-refractivity contribution in [3.63, 3.8) is 0 Å². The zero-order valence-electron chi connectivity index (χ0n) is 12.0. The zero-order valence-corrected chi connectivity index (χ0v) is 13.6. The zero-order chi connectivity index (χ0) is 15.0. The molecule has 110 valence electrons. The lowest BCUT2D eigenvalue weighted by Crippen LogP contribution is -2.12. The van der Waals surface area contributed by atoms with Gasteiger partial charge in [0.15, 0.2) is 0 Å². The van der Waals surface area contributed by atoms with Crippen LogP contribution in [-0.4, -0.2) is 14.2 Å². The molecule has 0 radical (unpaired) electrons. The molecule has 1 unspecified atom stereocenters. The van der Waals surface area contributed by atoms with Crippen LogP contribution in [0.4, 0.5) is 0 Å². The van der Waals surface area contributed by atoms with Gasteiger partial charge in [-0.15, -0.1) is 0 Å². The molecular weight excluding hydrogens is 305 g/mol. The molecule has 2 aromatic carbocycles. The summed E-state index contributed by atoms with van der Waals surface area (Å²) in [6, 6.07) is 10.5. The third kappa shape index (κ3) is 2.52. The topological polar surface area (TPSA) is 21.3 Å². The molecule has 1 atom stereocenters. The van der Waals surface area contributed by atoms with Gasteiger partial charge in [-0.3, -0.25) is 0 Å². The summed E-state index contributed by atoms with van der Waals surface area (Å²) in [5, 5.41) is 4.61. The van der Waals surface area contributed by atoms with Crippen LogP contribution in [0.1, 0.15) is 23.6 Å². The van der Waals surface area contributed by atoms with Crippen molar-refractivity contribution >= 4 is 23.2 Å². The molecule has 0 spiro atoms. The van der Waals surface area contributed by atoms with E-state index in [2.05, 4.69) is 23.5 Å². The Kier molecular flexibility index (Phi) is 4.12. The normalized spacial score (nSPS) is 16.9. The Morgan fingerprint density at radius 2 is 1.95 bits per heavy atom. The second-order valence-corrected chi connectivity index (χ2v) is 6.03. The summed E-state index contributed by atoms with van der Waals surface area (Å²) in [7, 11) is 3.60. The summed E-state index contributed by atoms with van der Waals surface area (Å²) < 4.78 is 5.22. The SMILES string of the molecule is CNC1CCc2c(-c3cc(Cl)c(OC)cc3Cl)cccc21. The van der Waals surface area contributed by atoms with Gasteiger partial charge in [-0.05, 0) is 42.6 Å². The van der Waals surface area contributed by atoms with Gasteiger partial charge in [0.25, 0.3) is 0 Å². The van der Waals surface area contributed by atoms with Crippen molar-refractivity contribution in [1.82, 2.24) is 5.32 Å². The van der Waals surface area contributed by atoms with Gasteiger partial charge in [0.2, 0.25) is 0 Å². The number of fused-ring (bicyclic) bond motifs is 1. The quantitative estimate of drug-likeness (QED) is 0.870. The fraction of sp³-hybridized carbons (Fsp3) is 0.294. The van der Waals surface area contributed by atoms with E-state index in [0.717, 1.165) is 18.4 Å². The second kappa shape index (κ2) is 5.88. The van der Waals surface area contributed by atoms with Crippen LogP contribution in [0.3, 0.4) is 0 Å². The van der Waals surface area contributed by atoms with Crippen LogP contribution in [0, 0.1) is 0 Å². The molecule has 1 aliphatic carbocycles. The number of ether oxygens (including phenoxy) is 1. The fourth-order valence-corrected chi connectivity index (χ4v) is 3.59. The average molecular weight is 322 g/mol. The maximum atomic E-state index is 6.43. The minimum Gasteiger partial charge on any atom is -0.495 e. The molecule has 1 N–H and O–H groups in total. The Morgan fingerprint density at radius 1 is 1.14 bits per heavy atom. The van der Waals surface area contributed by atoms with Gasteiger partial charge < -0.3 is 10.1 Å². The number of hydrogen-bond acceptors (Lipinski definition) is 2. The number of benzene rings is 2. The average Bonchev–Trinajstić information content (AvgIpc) is 2.92. The lowest BCUT2D eigenvalue weighted by molar-refractivity contribution is 0.415. The van der Waals surface area contributed by atoms with Gasteiger partial charge in [0.1, 0.15) is 5.75 Å². The maximum Gasteiger partial charge on any atom is 0.138 e. The predicted octanol–water partition coefficient (Wildman–Crippen LogP) is 4.88. The highest BCUT2D eigenvalue weighted by Crippen LogP contribution is 2.42. The Labute approximate surface area is 135 Å². The molecule has 21 heavy (non-hydrogen) atoms. The Bertz CT molecular complexity index is 685. The number of halogens is 2. The molecule has 0 aliphatic heterocycles. The lowest BCUT2D eigenvalue weighted by atomic mass is 9.96. The van der Waals surface area contributed by atoms with Crippen molar-refractivity contribution < 1.29 is 4.74 Å². The smallest absolute Gasteiger partial charge is 0.138 e. The molecule has 2 nitrogen and oxygen atoms in total. The van der Waals surface area contributed by atoms with Gasteiger partial charge in [0, 0.05) is 17.7 Å². The number of rotatable bonds is 3. The highest BCUT2D eigenvalue weighted by atomic mass is 35.5. The van der Waals surface area contributed by atoms with E-state index in [1.807, 2.05) is 13.1 Å². The highest BCUT2D eigenvalue weighted by Gasteiger charge is 2.24. The van der Waals surface area contributed by atoms with Gasteiger partial charge in [-0.1, -0.05) is 41.4 Å². The van der Waals surface area contributed by atoms with Crippen molar-refractivity contribution in [2.24, 2.45) is 0 Å². The molecule has 0 saturated heterocycles. The van der Waals surface area contributed by atoms with Crippen molar-refractivity contribution in [3.8, 4) is 16.9 Å². The Balaban J connectivity index is 2.15. The van der Waals surface area contributed by atoms with Crippen molar-refractivity contribution in [1.29, 1.82) is 0 Å². The number of nitrogens with one attached hydrogen (secondary N) is 1. The standard InChI is InChI=1S/C17H17Cl2NO/c1-20-16-7-6-11-10(4-3-5-12(11)16)13-8-15(19)17(21-2)9-14(13)18/h3-5,8-9,16,20H,6-7H2,1-2H3. The summed E-state index contributed by atoms with van der Waals surface area (Å²) in [6.45, 7) is 0. The summed E-state index contributed by atoms with van der Waals surface area (Å²) in [5.74, 6) is 0.603. The first kappa shape index (κ1) is 14.7. The van der Waals surface area contributed by atoms with Crippen LogP contribution < -0.4 is 10.1 Å². The van der Waals surface area contributed by atoms with Crippen molar-refractivity contribution in [2.75, 3.05) is 14.2 Å². The van der Waals surface area contributed by atoms with Crippen LogP contribution in [0.2, 0.25) is 10.0 Å². The molecular formula is C17H17Cl2NO. The van der Waals surface area contributed by atoms with E-state index >= 15 is 0 Å². The number of methoxy groups -OCH3 is 1. The molecule has 2 aromatic rings. The van der Waals surface area contributed by atoms with E-state index in [1.165, 1.54) is 16.7 Å². The molecule has 0 bridgehead atoms. The Hall–Kier alpha value is -1.22. The third-order valence-corrected chi connectivity index (χ3v) is 4.76. The maximum absolute atomic E-state index is 6.43. The van der Waals surface area contributed by atoms with E-state index in [1.54, 1.807) is 13.2 Å². The summed E-state index contributed by atoms with van der Waals surface area (Å²) in [5.41, 5.74) is 4.86. The molecule has 0 saturated carbocycles. The molecule has 0 fully saturated rings. The minimum absolute atomic E-state index is 0.424. The lowest BCUT2D eigenvalue weighted by Gasteiger charge is -2.14. The predicted molar refractivity (Wildman–Crippen MR) is 88.6 cm³/mol. The summed E-state index contributed by atoms with van der Waals surface area (Å²) in [6.07, 6.45) is 2.17. The van der Waals surface area contributed by atoms with E-state index in [9.17, 15) is 0 Å². The monoisotopic (exact) mass is 321 g/mol. The highest BCUT2D eigenvalue weighted by molar-refractivity contribution is 6.36. The molecule has 0 heterocycles. The second-order valence-electron chi connectivity index (χ2n) is 5.22. The third-order valence-electron chi connectivity index (χ3n) is 4.15. The molecule has 1 aliphatic rings. The Morgan fingerprint density at radius 3 is 2.67 bits per heavy atom. The van der Waals surface area contributed by atoms with Crippen LogP contribution >= 0.6 is 23.2 Å². The largest absolute Gasteiger partial charge is 0.495 e. The van der Waals surface area contributed by atoms with E-state index in [0.29, 0.717) is 21.8 Å². The van der Waals surface area contributed by atoms with Crippen LogP contribution in [0.25, 0.3) is 11.1 Å². The van der Waals surface area contributed by atoms with Crippen LogP contribution in [0.15, 0.2) is 30.3 Å². The van der Waals surface area contributed by atoms with Gasteiger partial charge in [-0.25, -0.2) is 0 Å². The van der Waals surface area contributed by atoms with Crippen molar-refractivity contribution in [2.45, 2.75) is 18.9 Å². The fourth-order valence-electron chi connectivity index (χ4n) is 3.10. The first-order valence-corrected chi connectivity index (χ1v) is 7.73. The van der Waals surface area contributed by atoms with Crippen LogP contribution in [0.5, 0.6) is 5.75 Å².